The van der Waals surface area contributed by atoms with Crippen molar-refractivity contribution in [3.05, 3.63) is 29.6 Å². The van der Waals surface area contributed by atoms with E-state index < -0.39 is 0 Å². The molecule has 0 aliphatic heterocycles. The SMILES string of the molecule is CCC(C)N(C)c1ccc(F)cc1C(C)N. The highest BCUT2D eigenvalue weighted by atomic mass is 19.1. The summed E-state index contributed by atoms with van der Waals surface area (Å²) in [6, 6.07) is 5.08. The Labute approximate surface area is 97.3 Å². The maximum Gasteiger partial charge on any atom is 0.123 e. The van der Waals surface area contributed by atoms with E-state index >= 15 is 0 Å². The molecule has 2 atom stereocenters. The summed E-state index contributed by atoms with van der Waals surface area (Å²) in [4.78, 5) is 2.15. The molecule has 0 aromatic heterocycles. The van der Waals surface area contributed by atoms with Crippen molar-refractivity contribution in [2.24, 2.45) is 5.73 Å². The van der Waals surface area contributed by atoms with Crippen LogP contribution in [-0.2, 0) is 0 Å². The molecule has 0 saturated carbocycles. The summed E-state index contributed by atoms with van der Waals surface area (Å²) < 4.78 is 13.2. The standard InChI is InChI=1S/C13H21FN2/c1-5-9(2)16(4)13-7-6-11(14)8-12(13)10(3)15/h6-10H,5,15H2,1-4H3. The Kier molecular flexibility index (Phi) is 4.30. The van der Waals surface area contributed by atoms with Crippen molar-refractivity contribution >= 4 is 5.69 Å². The summed E-state index contributed by atoms with van der Waals surface area (Å²) in [5.41, 5.74) is 7.75. The predicted octanol–water partition coefficient (Wildman–Crippen LogP) is 3.08. The summed E-state index contributed by atoms with van der Waals surface area (Å²) in [5, 5.41) is 0. The third kappa shape index (κ3) is 2.73. The minimum atomic E-state index is -0.228. The van der Waals surface area contributed by atoms with E-state index in [2.05, 4.69) is 18.7 Å². The van der Waals surface area contributed by atoms with E-state index in [4.69, 9.17) is 5.73 Å². The largest absolute Gasteiger partial charge is 0.372 e. The lowest BCUT2D eigenvalue weighted by atomic mass is 10.0. The van der Waals surface area contributed by atoms with Gasteiger partial charge in [-0.1, -0.05) is 6.92 Å². The van der Waals surface area contributed by atoms with Gasteiger partial charge in [0.2, 0.25) is 0 Å². The summed E-state index contributed by atoms with van der Waals surface area (Å²) in [6.07, 6.45) is 1.05. The van der Waals surface area contributed by atoms with Crippen molar-refractivity contribution in [1.82, 2.24) is 0 Å². The molecule has 1 aromatic rings. The van der Waals surface area contributed by atoms with E-state index in [1.165, 1.54) is 12.1 Å². The van der Waals surface area contributed by atoms with Gasteiger partial charge in [0, 0.05) is 24.8 Å². The molecule has 2 N–H and O–H groups in total. The number of nitrogens with zero attached hydrogens (tertiary/aromatic N) is 1. The first-order valence-electron chi connectivity index (χ1n) is 5.75. The highest BCUT2D eigenvalue weighted by Gasteiger charge is 2.15. The number of nitrogens with two attached hydrogens (primary N) is 1. The highest BCUT2D eigenvalue weighted by molar-refractivity contribution is 5.55. The van der Waals surface area contributed by atoms with Crippen LogP contribution in [0.25, 0.3) is 0 Å². The Bertz CT molecular complexity index is 350. The summed E-state index contributed by atoms with van der Waals surface area (Å²) >= 11 is 0. The van der Waals surface area contributed by atoms with Gasteiger partial charge in [0.05, 0.1) is 0 Å². The number of hydrogen-bond acceptors (Lipinski definition) is 2. The molecule has 2 nitrogen and oxygen atoms in total. The van der Waals surface area contributed by atoms with Crippen LogP contribution >= 0.6 is 0 Å². The van der Waals surface area contributed by atoms with Crippen LogP contribution in [0.4, 0.5) is 10.1 Å². The molecule has 0 radical (unpaired) electrons. The zero-order chi connectivity index (χ0) is 12.3. The molecule has 0 fully saturated rings. The van der Waals surface area contributed by atoms with Gasteiger partial charge in [0.1, 0.15) is 5.82 Å². The molecule has 0 heterocycles. The summed E-state index contributed by atoms with van der Waals surface area (Å²) in [6.45, 7) is 6.16. The van der Waals surface area contributed by atoms with E-state index in [0.29, 0.717) is 6.04 Å². The average molecular weight is 224 g/mol. The van der Waals surface area contributed by atoms with Gasteiger partial charge >= 0.3 is 0 Å². The number of anilines is 1. The van der Waals surface area contributed by atoms with Crippen LogP contribution in [0.5, 0.6) is 0 Å². The number of hydrogen-bond donors (Lipinski definition) is 1. The molecule has 0 amide bonds. The highest BCUT2D eigenvalue weighted by Crippen LogP contribution is 2.27. The van der Waals surface area contributed by atoms with Gasteiger partial charge in [-0.3, -0.25) is 0 Å². The number of halogens is 1. The monoisotopic (exact) mass is 224 g/mol. The Morgan fingerprint density at radius 1 is 1.38 bits per heavy atom. The fraction of sp³-hybridized carbons (Fsp3) is 0.538. The third-order valence-corrected chi connectivity index (χ3v) is 3.11. The maximum absolute atomic E-state index is 13.2. The average Bonchev–Trinajstić information content (AvgIpc) is 2.26. The molecular formula is C13H21FN2. The van der Waals surface area contributed by atoms with Gasteiger partial charge in [0.15, 0.2) is 0 Å². The van der Waals surface area contributed by atoms with Gasteiger partial charge in [-0.05, 0) is 44.0 Å². The van der Waals surface area contributed by atoms with E-state index in [1.54, 1.807) is 6.07 Å². The number of benzene rings is 1. The number of rotatable bonds is 4. The quantitative estimate of drug-likeness (QED) is 0.851. The Morgan fingerprint density at radius 3 is 2.50 bits per heavy atom. The van der Waals surface area contributed by atoms with Crippen molar-refractivity contribution in [2.45, 2.75) is 39.3 Å². The van der Waals surface area contributed by atoms with Gasteiger partial charge in [-0.15, -0.1) is 0 Å². The molecule has 3 heteroatoms. The van der Waals surface area contributed by atoms with Crippen LogP contribution in [0.15, 0.2) is 18.2 Å². The van der Waals surface area contributed by atoms with E-state index in [0.717, 1.165) is 17.7 Å². The smallest absolute Gasteiger partial charge is 0.123 e. The van der Waals surface area contributed by atoms with E-state index in [1.807, 2.05) is 14.0 Å². The fourth-order valence-electron chi connectivity index (χ4n) is 1.72. The minimum absolute atomic E-state index is 0.155. The zero-order valence-electron chi connectivity index (χ0n) is 10.5. The van der Waals surface area contributed by atoms with Crippen molar-refractivity contribution in [1.29, 1.82) is 0 Å². The van der Waals surface area contributed by atoms with Gasteiger partial charge in [0.25, 0.3) is 0 Å². The molecule has 1 rings (SSSR count). The molecular weight excluding hydrogens is 203 g/mol. The Hall–Kier alpha value is -1.09. The molecule has 0 saturated heterocycles. The lowest BCUT2D eigenvalue weighted by molar-refractivity contribution is 0.617. The van der Waals surface area contributed by atoms with E-state index in [-0.39, 0.29) is 11.9 Å². The minimum Gasteiger partial charge on any atom is -0.372 e. The fourth-order valence-corrected chi connectivity index (χ4v) is 1.72. The predicted molar refractivity (Wildman–Crippen MR) is 67.2 cm³/mol. The third-order valence-electron chi connectivity index (χ3n) is 3.11. The van der Waals surface area contributed by atoms with Crippen molar-refractivity contribution < 1.29 is 4.39 Å². The van der Waals surface area contributed by atoms with Gasteiger partial charge < -0.3 is 10.6 Å². The topological polar surface area (TPSA) is 29.3 Å². The van der Waals surface area contributed by atoms with Crippen LogP contribution in [0, 0.1) is 5.82 Å². The first kappa shape index (κ1) is 13.0. The first-order valence-corrected chi connectivity index (χ1v) is 5.75. The van der Waals surface area contributed by atoms with Crippen molar-refractivity contribution in [3.63, 3.8) is 0 Å². The van der Waals surface area contributed by atoms with Crippen molar-refractivity contribution in [2.75, 3.05) is 11.9 Å². The molecule has 16 heavy (non-hydrogen) atoms. The second kappa shape index (κ2) is 5.30. The Balaban J connectivity index is 3.12. The molecule has 0 aliphatic carbocycles. The molecule has 0 aliphatic rings. The molecule has 90 valence electrons. The summed E-state index contributed by atoms with van der Waals surface area (Å²) in [5.74, 6) is -0.228. The van der Waals surface area contributed by atoms with Gasteiger partial charge in [-0.2, -0.15) is 0 Å². The van der Waals surface area contributed by atoms with Crippen LogP contribution in [0.1, 0.15) is 38.8 Å². The normalized spacial score (nSPS) is 14.6. The van der Waals surface area contributed by atoms with E-state index in [9.17, 15) is 4.39 Å². The second-order valence-electron chi connectivity index (χ2n) is 4.36. The molecule has 0 spiro atoms. The van der Waals surface area contributed by atoms with Crippen LogP contribution in [-0.4, -0.2) is 13.1 Å². The first-order chi connectivity index (χ1) is 7.47. The maximum atomic E-state index is 13.2. The second-order valence-corrected chi connectivity index (χ2v) is 4.36. The van der Waals surface area contributed by atoms with Crippen LogP contribution in [0.3, 0.4) is 0 Å². The molecule has 1 aromatic carbocycles. The molecule has 2 unspecified atom stereocenters. The lowest BCUT2D eigenvalue weighted by Gasteiger charge is -2.29. The van der Waals surface area contributed by atoms with Crippen LogP contribution in [0.2, 0.25) is 0 Å². The summed E-state index contributed by atoms with van der Waals surface area (Å²) in [7, 11) is 2.02. The Morgan fingerprint density at radius 2 is 2.00 bits per heavy atom. The van der Waals surface area contributed by atoms with Gasteiger partial charge in [-0.25, -0.2) is 4.39 Å². The van der Waals surface area contributed by atoms with Crippen LogP contribution < -0.4 is 10.6 Å². The zero-order valence-corrected chi connectivity index (χ0v) is 10.5. The lowest BCUT2D eigenvalue weighted by Crippen LogP contribution is -2.29. The van der Waals surface area contributed by atoms with Crippen molar-refractivity contribution in [3.8, 4) is 0 Å². The molecule has 0 bridgehead atoms.